The highest BCUT2D eigenvalue weighted by Crippen LogP contribution is 2.24. The van der Waals surface area contributed by atoms with E-state index in [1.54, 1.807) is 30.3 Å². The summed E-state index contributed by atoms with van der Waals surface area (Å²) in [6.45, 7) is 0.455. The van der Waals surface area contributed by atoms with Gasteiger partial charge in [-0.05, 0) is 35.9 Å². The quantitative estimate of drug-likeness (QED) is 0.853. The third kappa shape index (κ3) is 2.25. The molecule has 0 atom stereocenters. The number of aliphatic imine (C=N–C) groups is 1. The molecular weight excluding hydrogens is 277 g/mol. The smallest absolute Gasteiger partial charge is 0.175 e. The Morgan fingerprint density at radius 1 is 1.10 bits per heavy atom. The van der Waals surface area contributed by atoms with Gasteiger partial charge in [0.05, 0.1) is 17.2 Å². The predicted molar refractivity (Wildman–Crippen MR) is 75.3 cm³/mol. The lowest BCUT2D eigenvalue weighted by molar-refractivity contribution is 0.602. The third-order valence-electron chi connectivity index (χ3n) is 3.29. The first-order valence-corrected chi connectivity index (χ1v) is 7.98. The second-order valence-electron chi connectivity index (χ2n) is 4.76. The van der Waals surface area contributed by atoms with E-state index in [1.807, 2.05) is 0 Å². The Kier molecular flexibility index (Phi) is 2.94. The minimum Gasteiger partial charge on any atom is -0.279 e. The van der Waals surface area contributed by atoms with Gasteiger partial charge in [0.25, 0.3) is 0 Å². The maximum atomic E-state index is 13.2. The van der Waals surface area contributed by atoms with E-state index in [1.165, 1.54) is 18.4 Å². The van der Waals surface area contributed by atoms with Gasteiger partial charge in [0.15, 0.2) is 9.84 Å². The molecule has 102 valence electrons. The second kappa shape index (κ2) is 4.52. The van der Waals surface area contributed by atoms with Crippen LogP contribution in [0, 0.1) is 5.82 Å². The zero-order valence-corrected chi connectivity index (χ0v) is 11.6. The zero-order valence-electron chi connectivity index (χ0n) is 10.8. The monoisotopic (exact) mass is 289 g/mol. The van der Waals surface area contributed by atoms with Gasteiger partial charge < -0.3 is 0 Å². The van der Waals surface area contributed by atoms with E-state index >= 15 is 0 Å². The summed E-state index contributed by atoms with van der Waals surface area (Å²) in [5, 5.41) is 0. The number of hydrogen-bond acceptors (Lipinski definition) is 3. The Hall–Kier alpha value is -2.01. The van der Waals surface area contributed by atoms with Crippen LogP contribution in [0.15, 0.2) is 52.4 Å². The lowest BCUT2D eigenvalue weighted by Crippen LogP contribution is -2.02. The van der Waals surface area contributed by atoms with Gasteiger partial charge in [-0.2, -0.15) is 0 Å². The SMILES string of the molecule is CS(=O)(=O)c1ccc(C2=NCc3cc(F)ccc32)cc1. The molecule has 1 aliphatic rings. The highest BCUT2D eigenvalue weighted by Gasteiger charge is 2.18. The molecule has 0 fully saturated rings. The Bertz CT molecular complexity index is 808. The number of benzene rings is 2. The number of sulfone groups is 1. The zero-order chi connectivity index (χ0) is 14.3. The van der Waals surface area contributed by atoms with Crippen molar-refractivity contribution >= 4 is 15.5 Å². The maximum absolute atomic E-state index is 13.2. The first-order chi connectivity index (χ1) is 9.45. The van der Waals surface area contributed by atoms with Gasteiger partial charge in [0.1, 0.15) is 5.82 Å². The van der Waals surface area contributed by atoms with E-state index in [0.717, 1.165) is 22.4 Å². The number of nitrogens with zero attached hydrogens (tertiary/aromatic N) is 1. The molecule has 2 aromatic carbocycles. The number of fused-ring (bicyclic) bond motifs is 1. The van der Waals surface area contributed by atoms with Crippen LogP contribution >= 0.6 is 0 Å². The first kappa shape index (κ1) is 13.0. The average Bonchev–Trinajstić information content (AvgIpc) is 2.80. The minimum absolute atomic E-state index is 0.271. The van der Waals surface area contributed by atoms with E-state index in [4.69, 9.17) is 0 Å². The van der Waals surface area contributed by atoms with Crippen molar-refractivity contribution in [3.8, 4) is 0 Å². The van der Waals surface area contributed by atoms with E-state index in [2.05, 4.69) is 4.99 Å². The van der Waals surface area contributed by atoms with Crippen molar-refractivity contribution in [2.24, 2.45) is 4.99 Å². The topological polar surface area (TPSA) is 46.5 Å². The van der Waals surface area contributed by atoms with Crippen molar-refractivity contribution in [3.05, 3.63) is 65.0 Å². The molecule has 0 N–H and O–H groups in total. The summed E-state index contributed by atoms with van der Waals surface area (Å²) in [5.74, 6) is -0.271. The van der Waals surface area contributed by atoms with Crippen molar-refractivity contribution in [2.75, 3.05) is 6.26 Å². The highest BCUT2D eigenvalue weighted by atomic mass is 32.2. The molecule has 0 amide bonds. The second-order valence-corrected chi connectivity index (χ2v) is 6.78. The van der Waals surface area contributed by atoms with Gasteiger partial charge >= 0.3 is 0 Å². The molecule has 0 aliphatic carbocycles. The molecule has 3 nitrogen and oxygen atoms in total. The van der Waals surface area contributed by atoms with Gasteiger partial charge in [-0.15, -0.1) is 0 Å². The van der Waals surface area contributed by atoms with E-state index in [-0.39, 0.29) is 10.7 Å². The maximum Gasteiger partial charge on any atom is 0.175 e. The lowest BCUT2D eigenvalue weighted by atomic mass is 10.0. The molecule has 3 rings (SSSR count). The summed E-state index contributed by atoms with van der Waals surface area (Å²) >= 11 is 0. The van der Waals surface area contributed by atoms with Crippen molar-refractivity contribution in [2.45, 2.75) is 11.4 Å². The average molecular weight is 289 g/mol. The molecule has 1 heterocycles. The summed E-state index contributed by atoms with van der Waals surface area (Å²) in [4.78, 5) is 4.68. The van der Waals surface area contributed by atoms with Crippen LogP contribution in [0.2, 0.25) is 0 Å². The van der Waals surface area contributed by atoms with Gasteiger partial charge in [0, 0.05) is 17.4 Å². The fourth-order valence-corrected chi connectivity index (χ4v) is 2.91. The van der Waals surface area contributed by atoms with Gasteiger partial charge in [-0.1, -0.05) is 12.1 Å². The van der Waals surface area contributed by atoms with Crippen LogP contribution in [0.5, 0.6) is 0 Å². The summed E-state index contributed by atoms with van der Waals surface area (Å²) in [7, 11) is -3.20. The minimum atomic E-state index is -3.20. The van der Waals surface area contributed by atoms with E-state index in [9.17, 15) is 12.8 Å². The molecule has 0 saturated heterocycles. The summed E-state index contributed by atoms with van der Waals surface area (Å²) in [6, 6.07) is 11.2. The van der Waals surface area contributed by atoms with Gasteiger partial charge in [0.2, 0.25) is 0 Å². The summed E-state index contributed by atoms with van der Waals surface area (Å²) in [5.41, 5.74) is 3.37. The van der Waals surface area contributed by atoms with Gasteiger partial charge in [-0.3, -0.25) is 4.99 Å². The molecule has 5 heteroatoms. The van der Waals surface area contributed by atoms with Gasteiger partial charge in [-0.25, -0.2) is 12.8 Å². The highest BCUT2D eigenvalue weighted by molar-refractivity contribution is 7.90. The lowest BCUT2D eigenvalue weighted by Gasteiger charge is -2.05. The molecule has 0 aromatic heterocycles. The molecule has 0 saturated carbocycles. The molecule has 0 unspecified atom stereocenters. The van der Waals surface area contributed by atoms with Crippen LogP contribution < -0.4 is 0 Å². The third-order valence-corrected chi connectivity index (χ3v) is 4.41. The molecule has 2 aromatic rings. The number of halogens is 1. The Morgan fingerprint density at radius 2 is 1.80 bits per heavy atom. The van der Waals surface area contributed by atoms with Crippen LogP contribution in [-0.4, -0.2) is 20.4 Å². The number of hydrogen-bond donors (Lipinski definition) is 0. The molecule has 0 spiro atoms. The van der Waals surface area contributed by atoms with Crippen LogP contribution in [0.1, 0.15) is 16.7 Å². The predicted octanol–water partition coefficient (Wildman–Crippen LogP) is 2.58. The van der Waals surface area contributed by atoms with Crippen LogP contribution in [0.3, 0.4) is 0 Å². The van der Waals surface area contributed by atoms with Crippen molar-refractivity contribution in [3.63, 3.8) is 0 Å². The summed E-state index contributed by atoms with van der Waals surface area (Å²) in [6.07, 6.45) is 1.17. The van der Waals surface area contributed by atoms with Crippen LogP contribution in [-0.2, 0) is 16.4 Å². The normalized spacial score (nSPS) is 14.0. The molecule has 1 aliphatic heterocycles. The largest absolute Gasteiger partial charge is 0.279 e. The summed E-state index contributed by atoms with van der Waals surface area (Å²) < 4.78 is 36.0. The van der Waals surface area contributed by atoms with Crippen molar-refractivity contribution < 1.29 is 12.8 Å². The van der Waals surface area contributed by atoms with Crippen LogP contribution in [0.25, 0.3) is 0 Å². The Labute approximate surface area is 116 Å². The Morgan fingerprint density at radius 3 is 2.45 bits per heavy atom. The first-order valence-electron chi connectivity index (χ1n) is 6.09. The van der Waals surface area contributed by atoms with Crippen molar-refractivity contribution in [1.82, 2.24) is 0 Å². The Balaban J connectivity index is 2.01. The van der Waals surface area contributed by atoms with Crippen molar-refractivity contribution in [1.29, 1.82) is 0 Å². The molecular formula is C15H12FNO2S. The fourth-order valence-electron chi connectivity index (χ4n) is 2.28. The molecule has 20 heavy (non-hydrogen) atoms. The van der Waals surface area contributed by atoms with Crippen LogP contribution in [0.4, 0.5) is 4.39 Å². The molecule has 0 radical (unpaired) electrons. The fraction of sp³-hybridized carbons (Fsp3) is 0.133. The van der Waals surface area contributed by atoms with E-state index < -0.39 is 9.84 Å². The van der Waals surface area contributed by atoms with E-state index in [0.29, 0.717) is 6.54 Å². The standard InChI is InChI=1S/C15H12FNO2S/c1-20(18,19)13-5-2-10(3-6-13)15-14-7-4-12(16)8-11(14)9-17-15/h2-8H,9H2,1H3. The number of rotatable bonds is 2. The molecule has 0 bridgehead atoms.